The highest BCUT2D eigenvalue weighted by molar-refractivity contribution is 6.51. The van der Waals surface area contributed by atoms with Gasteiger partial charge in [-0.15, -0.1) is 0 Å². The molecule has 1 aliphatic heterocycles. The maximum atomic E-state index is 13.1. The van der Waals surface area contributed by atoms with Crippen molar-refractivity contribution in [1.29, 1.82) is 0 Å². The first kappa shape index (κ1) is 22.1. The average Bonchev–Trinajstić information content (AvgIpc) is 3.13. The number of ether oxygens (including phenoxy) is 2. The van der Waals surface area contributed by atoms with Crippen molar-refractivity contribution in [3.05, 3.63) is 89.8 Å². The number of aromatic nitrogens is 1. The van der Waals surface area contributed by atoms with E-state index in [1.165, 1.54) is 4.90 Å². The van der Waals surface area contributed by atoms with Crippen LogP contribution in [0.1, 0.15) is 30.5 Å². The molecule has 1 unspecified atom stereocenters. The zero-order valence-corrected chi connectivity index (χ0v) is 18.4. The van der Waals surface area contributed by atoms with Crippen LogP contribution in [0.2, 0.25) is 0 Å². The molecule has 3 aromatic rings. The Bertz CT molecular complexity index is 1170. The normalized spacial score (nSPS) is 17.3. The van der Waals surface area contributed by atoms with Crippen LogP contribution in [0.4, 0.5) is 5.69 Å². The van der Waals surface area contributed by atoms with Crippen LogP contribution in [0.5, 0.6) is 11.5 Å². The summed E-state index contributed by atoms with van der Waals surface area (Å²) < 4.78 is 10.8. The number of ketones is 1. The number of pyridine rings is 1. The number of nitrogens with zero attached hydrogens (tertiary/aromatic N) is 2. The lowest BCUT2D eigenvalue weighted by Gasteiger charge is -2.25. The molecule has 1 fully saturated rings. The fourth-order valence-electron chi connectivity index (χ4n) is 3.78. The third-order valence-electron chi connectivity index (χ3n) is 5.40. The smallest absolute Gasteiger partial charge is 0.300 e. The fourth-order valence-corrected chi connectivity index (χ4v) is 3.78. The molecule has 0 spiro atoms. The molecule has 7 nitrogen and oxygen atoms in total. The van der Waals surface area contributed by atoms with Gasteiger partial charge < -0.3 is 14.6 Å². The first-order chi connectivity index (χ1) is 16.0. The summed E-state index contributed by atoms with van der Waals surface area (Å²) in [5.74, 6) is -0.447. The lowest BCUT2D eigenvalue weighted by molar-refractivity contribution is -0.132. The first-order valence-electron chi connectivity index (χ1n) is 10.6. The zero-order chi connectivity index (χ0) is 23.4. The average molecular weight is 444 g/mol. The molecular weight excluding hydrogens is 420 g/mol. The SMILES string of the molecule is CCCOc1ccc(/C(O)=C2/C(=O)C(=O)N(c3ccc(OC)cc3)C2c2cccnc2)cc1. The number of anilines is 1. The number of carbonyl (C=O) groups is 2. The molecule has 168 valence electrons. The van der Waals surface area contributed by atoms with Gasteiger partial charge in [0.15, 0.2) is 0 Å². The number of rotatable bonds is 7. The van der Waals surface area contributed by atoms with E-state index < -0.39 is 17.7 Å². The number of hydrogen-bond donors (Lipinski definition) is 1. The summed E-state index contributed by atoms with van der Waals surface area (Å²) in [6.45, 7) is 2.60. The molecule has 1 saturated heterocycles. The van der Waals surface area contributed by atoms with Gasteiger partial charge in [-0.05, 0) is 66.6 Å². The van der Waals surface area contributed by atoms with Crippen molar-refractivity contribution in [3.8, 4) is 11.5 Å². The molecule has 1 atom stereocenters. The summed E-state index contributed by atoms with van der Waals surface area (Å²) in [4.78, 5) is 31.8. The number of aliphatic hydroxyl groups is 1. The van der Waals surface area contributed by atoms with E-state index in [4.69, 9.17) is 9.47 Å². The molecule has 1 aliphatic rings. The van der Waals surface area contributed by atoms with Crippen molar-refractivity contribution in [2.75, 3.05) is 18.6 Å². The number of benzene rings is 2. The predicted molar refractivity (Wildman–Crippen MR) is 124 cm³/mol. The molecular formula is C26H24N2O5. The molecule has 2 aromatic carbocycles. The van der Waals surface area contributed by atoms with E-state index in [0.717, 1.165) is 6.42 Å². The largest absolute Gasteiger partial charge is 0.507 e. The summed E-state index contributed by atoms with van der Waals surface area (Å²) in [5.41, 5.74) is 1.54. The molecule has 0 radical (unpaired) electrons. The minimum atomic E-state index is -0.830. The molecule has 1 amide bonds. The standard InChI is InChI=1S/C26H24N2O5/c1-3-15-33-21-10-6-17(7-11-21)24(29)22-23(18-5-4-14-27-16-18)28(26(31)25(22)30)19-8-12-20(32-2)13-9-19/h4-14,16,23,29H,3,15H2,1-2H3/b24-22-. The second kappa shape index (κ2) is 9.56. The second-order valence-electron chi connectivity index (χ2n) is 7.53. The van der Waals surface area contributed by atoms with Crippen LogP contribution in [0, 0.1) is 0 Å². The summed E-state index contributed by atoms with van der Waals surface area (Å²) in [6, 6.07) is 16.3. The number of amides is 1. The van der Waals surface area contributed by atoms with E-state index in [-0.39, 0.29) is 11.3 Å². The van der Waals surface area contributed by atoms with Crippen molar-refractivity contribution >= 4 is 23.1 Å². The lowest BCUT2D eigenvalue weighted by atomic mass is 9.96. The Hall–Kier alpha value is -4.13. The lowest BCUT2D eigenvalue weighted by Crippen LogP contribution is -2.29. The Morgan fingerprint density at radius 1 is 1.03 bits per heavy atom. The van der Waals surface area contributed by atoms with Crippen molar-refractivity contribution in [3.63, 3.8) is 0 Å². The second-order valence-corrected chi connectivity index (χ2v) is 7.53. The van der Waals surface area contributed by atoms with Crippen molar-refractivity contribution in [2.45, 2.75) is 19.4 Å². The molecule has 1 aromatic heterocycles. The van der Waals surface area contributed by atoms with E-state index in [0.29, 0.717) is 34.9 Å². The van der Waals surface area contributed by atoms with E-state index in [1.54, 1.807) is 80.2 Å². The van der Waals surface area contributed by atoms with Crippen molar-refractivity contribution < 1.29 is 24.2 Å². The van der Waals surface area contributed by atoms with Crippen LogP contribution in [0.15, 0.2) is 78.6 Å². The van der Waals surface area contributed by atoms with Gasteiger partial charge in [0.25, 0.3) is 11.7 Å². The summed E-state index contributed by atoms with van der Waals surface area (Å²) in [6.07, 6.45) is 4.07. The van der Waals surface area contributed by atoms with Gasteiger partial charge in [-0.2, -0.15) is 0 Å². The van der Waals surface area contributed by atoms with Crippen LogP contribution >= 0.6 is 0 Å². The number of carbonyl (C=O) groups excluding carboxylic acids is 2. The van der Waals surface area contributed by atoms with Crippen LogP contribution in [-0.2, 0) is 9.59 Å². The Labute approximate surface area is 191 Å². The predicted octanol–water partition coefficient (Wildman–Crippen LogP) is 4.51. The number of methoxy groups -OCH3 is 1. The summed E-state index contributed by atoms with van der Waals surface area (Å²) in [5, 5.41) is 11.2. The Balaban J connectivity index is 1.81. The summed E-state index contributed by atoms with van der Waals surface area (Å²) in [7, 11) is 1.55. The highest BCUT2D eigenvalue weighted by Gasteiger charge is 2.47. The van der Waals surface area contributed by atoms with Gasteiger partial charge in [0.1, 0.15) is 17.3 Å². The van der Waals surface area contributed by atoms with E-state index in [9.17, 15) is 14.7 Å². The number of aliphatic hydroxyl groups excluding tert-OH is 1. The Morgan fingerprint density at radius 2 is 1.73 bits per heavy atom. The highest BCUT2D eigenvalue weighted by atomic mass is 16.5. The van der Waals surface area contributed by atoms with Crippen molar-refractivity contribution in [2.24, 2.45) is 0 Å². The van der Waals surface area contributed by atoms with Crippen LogP contribution in [-0.4, -0.2) is 35.5 Å². The molecule has 1 N–H and O–H groups in total. The van der Waals surface area contributed by atoms with Gasteiger partial charge in [-0.1, -0.05) is 13.0 Å². The Kier molecular flexibility index (Phi) is 6.40. The number of hydrogen-bond acceptors (Lipinski definition) is 6. The number of Topliss-reactive ketones (excluding diaryl/α,β-unsaturated/α-hetero) is 1. The van der Waals surface area contributed by atoms with E-state index in [2.05, 4.69) is 4.98 Å². The van der Waals surface area contributed by atoms with Gasteiger partial charge in [0.2, 0.25) is 0 Å². The highest BCUT2D eigenvalue weighted by Crippen LogP contribution is 2.42. The van der Waals surface area contributed by atoms with Crippen LogP contribution in [0.3, 0.4) is 0 Å². The fraction of sp³-hybridized carbons (Fsp3) is 0.192. The molecule has 33 heavy (non-hydrogen) atoms. The zero-order valence-electron chi connectivity index (χ0n) is 18.4. The van der Waals surface area contributed by atoms with Crippen molar-refractivity contribution in [1.82, 2.24) is 4.98 Å². The quantitative estimate of drug-likeness (QED) is 0.328. The molecule has 2 heterocycles. The Morgan fingerprint density at radius 3 is 2.33 bits per heavy atom. The summed E-state index contributed by atoms with van der Waals surface area (Å²) >= 11 is 0. The molecule has 0 aliphatic carbocycles. The van der Waals surface area contributed by atoms with Gasteiger partial charge in [0, 0.05) is 23.6 Å². The first-order valence-corrected chi connectivity index (χ1v) is 10.6. The topological polar surface area (TPSA) is 89.0 Å². The van der Waals surface area contributed by atoms with Crippen LogP contribution in [0.25, 0.3) is 5.76 Å². The van der Waals surface area contributed by atoms with Gasteiger partial charge >= 0.3 is 0 Å². The van der Waals surface area contributed by atoms with E-state index in [1.807, 2.05) is 6.92 Å². The van der Waals surface area contributed by atoms with Crippen LogP contribution < -0.4 is 14.4 Å². The van der Waals surface area contributed by atoms with E-state index >= 15 is 0 Å². The minimum Gasteiger partial charge on any atom is -0.507 e. The third-order valence-corrected chi connectivity index (χ3v) is 5.40. The van der Waals surface area contributed by atoms with Gasteiger partial charge in [-0.3, -0.25) is 19.5 Å². The molecule has 0 bridgehead atoms. The molecule has 0 saturated carbocycles. The van der Waals surface area contributed by atoms with Gasteiger partial charge in [-0.25, -0.2) is 0 Å². The third kappa shape index (κ3) is 4.30. The maximum absolute atomic E-state index is 13.1. The van der Waals surface area contributed by atoms with Gasteiger partial charge in [0.05, 0.1) is 25.3 Å². The molecule has 7 heteroatoms. The maximum Gasteiger partial charge on any atom is 0.300 e. The molecule has 4 rings (SSSR count). The monoisotopic (exact) mass is 444 g/mol. The minimum absolute atomic E-state index is 0.00560.